The van der Waals surface area contributed by atoms with Crippen molar-refractivity contribution in [2.24, 2.45) is 0 Å². The summed E-state index contributed by atoms with van der Waals surface area (Å²) in [7, 11) is 1.53. The Hall–Kier alpha value is -2.45. The monoisotopic (exact) mass is 362 g/mol. The zero-order valence-corrected chi connectivity index (χ0v) is 14.4. The van der Waals surface area contributed by atoms with E-state index in [1.165, 1.54) is 18.4 Å². The molecule has 1 saturated heterocycles. The molecule has 8 heteroatoms. The van der Waals surface area contributed by atoms with Crippen LogP contribution in [0.4, 0.5) is 0 Å². The molecule has 2 N–H and O–H groups in total. The van der Waals surface area contributed by atoms with Gasteiger partial charge in [-0.25, -0.2) is 9.78 Å². The number of amides is 1. The Morgan fingerprint density at radius 2 is 2.16 bits per heavy atom. The molecule has 1 fully saturated rings. The Labute approximate surface area is 148 Å². The normalized spacial score (nSPS) is 17.9. The Balaban J connectivity index is 1.73. The maximum Gasteiger partial charge on any atom is 0.330 e. The molecule has 7 nitrogen and oxygen atoms in total. The maximum absolute atomic E-state index is 12.4. The number of rotatable bonds is 6. The number of thiazole rings is 1. The van der Waals surface area contributed by atoms with Gasteiger partial charge in [0.1, 0.15) is 22.6 Å². The molecular formula is C17H18N2O5S. The molecule has 1 aromatic heterocycles. The fraction of sp³-hybridized carbons (Fsp3) is 0.353. The van der Waals surface area contributed by atoms with Gasteiger partial charge in [-0.3, -0.25) is 4.79 Å². The van der Waals surface area contributed by atoms with Crippen molar-refractivity contribution in [1.29, 1.82) is 0 Å². The minimum Gasteiger partial charge on any atom is -0.497 e. The fourth-order valence-corrected chi connectivity index (χ4v) is 3.48. The van der Waals surface area contributed by atoms with Gasteiger partial charge in [0.2, 0.25) is 0 Å². The predicted octanol–water partition coefficient (Wildman–Crippen LogP) is 2.56. The summed E-state index contributed by atoms with van der Waals surface area (Å²) in [5.74, 6) is -1.06. The van der Waals surface area contributed by atoms with Crippen molar-refractivity contribution < 1.29 is 24.2 Å². The highest BCUT2D eigenvalue weighted by Gasteiger charge is 2.26. The second-order valence-electron chi connectivity index (χ2n) is 5.59. The fourth-order valence-electron chi connectivity index (χ4n) is 2.60. The molecule has 2 heterocycles. The first-order valence-electron chi connectivity index (χ1n) is 7.83. The van der Waals surface area contributed by atoms with Crippen LogP contribution in [0.3, 0.4) is 0 Å². The van der Waals surface area contributed by atoms with E-state index >= 15 is 0 Å². The van der Waals surface area contributed by atoms with Crippen LogP contribution in [0.15, 0.2) is 29.6 Å². The quantitative estimate of drug-likeness (QED) is 0.820. The molecule has 0 bridgehead atoms. The molecule has 0 radical (unpaired) electrons. The highest BCUT2D eigenvalue weighted by Crippen LogP contribution is 2.30. The van der Waals surface area contributed by atoms with E-state index in [-0.39, 0.29) is 11.8 Å². The summed E-state index contributed by atoms with van der Waals surface area (Å²) in [6.45, 7) is 0.699. The average molecular weight is 362 g/mol. The van der Waals surface area contributed by atoms with Gasteiger partial charge in [-0.2, -0.15) is 0 Å². The number of nitrogens with zero attached hydrogens (tertiary/aromatic N) is 1. The third-order valence-electron chi connectivity index (χ3n) is 3.93. The maximum atomic E-state index is 12.4. The molecule has 1 aliphatic rings. The van der Waals surface area contributed by atoms with E-state index in [9.17, 15) is 14.7 Å². The van der Waals surface area contributed by atoms with E-state index in [4.69, 9.17) is 9.47 Å². The standard InChI is InChI=1S/C17H18N2O5S/c1-23-11-6-4-10(5-7-11)14(17(21)22)19-15(20)12-9-25-16(18-12)13-3-2-8-24-13/h4-7,9,13-14H,2-3,8H2,1H3,(H,19,20)(H,21,22). The van der Waals surface area contributed by atoms with Crippen LogP contribution >= 0.6 is 11.3 Å². The van der Waals surface area contributed by atoms with Crippen LogP contribution in [-0.4, -0.2) is 35.7 Å². The number of aromatic nitrogens is 1. The number of carboxylic acids is 1. The van der Waals surface area contributed by atoms with E-state index < -0.39 is 17.9 Å². The van der Waals surface area contributed by atoms with Crippen LogP contribution in [0.25, 0.3) is 0 Å². The van der Waals surface area contributed by atoms with Gasteiger partial charge in [0.15, 0.2) is 6.04 Å². The van der Waals surface area contributed by atoms with Crippen LogP contribution in [0.2, 0.25) is 0 Å². The van der Waals surface area contributed by atoms with Crippen LogP contribution in [0.1, 0.15) is 46.0 Å². The Morgan fingerprint density at radius 3 is 2.76 bits per heavy atom. The second-order valence-corrected chi connectivity index (χ2v) is 6.48. The third-order valence-corrected chi connectivity index (χ3v) is 4.87. The van der Waals surface area contributed by atoms with Gasteiger partial charge in [0.25, 0.3) is 5.91 Å². The van der Waals surface area contributed by atoms with E-state index in [1.54, 1.807) is 29.6 Å². The number of carbonyl (C=O) groups is 2. The molecular weight excluding hydrogens is 344 g/mol. The first-order valence-corrected chi connectivity index (χ1v) is 8.71. The Bertz CT molecular complexity index is 753. The highest BCUT2D eigenvalue weighted by molar-refractivity contribution is 7.09. The van der Waals surface area contributed by atoms with Crippen molar-refractivity contribution in [2.45, 2.75) is 25.0 Å². The lowest BCUT2D eigenvalue weighted by atomic mass is 10.1. The molecule has 2 unspecified atom stereocenters. The van der Waals surface area contributed by atoms with Gasteiger partial charge >= 0.3 is 5.97 Å². The van der Waals surface area contributed by atoms with Crippen molar-refractivity contribution in [3.63, 3.8) is 0 Å². The SMILES string of the molecule is COc1ccc(C(NC(=O)c2csc(C3CCCO3)n2)C(=O)O)cc1. The van der Waals surface area contributed by atoms with E-state index in [0.29, 0.717) is 17.9 Å². The van der Waals surface area contributed by atoms with Crippen LogP contribution in [0.5, 0.6) is 5.75 Å². The first kappa shape index (κ1) is 17.4. The van der Waals surface area contributed by atoms with Gasteiger partial charge in [-0.15, -0.1) is 11.3 Å². The number of ether oxygens (including phenoxy) is 2. The zero-order valence-electron chi connectivity index (χ0n) is 13.6. The Kier molecular flexibility index (Phi) is 5.30. The minimum absolute atomic E-state index is 0.0663. The molecule has 2 atom stereocenters. The van der Waals surface area contributed by atoms with E-state index in [2.05, 4.69) is 10.3 Å². The van der Waals surface area contributed by atoms with Crippen LogP contribution < -0.4 is 10.1 Å². The third kappa shape index (κ3) is 3.97. The zero-order chi connectivity index (χ0) is 17.8. The average Bonchev–Trinajstić information content (AvgIpc) is 3.30. The van der Waals surface area contributed by atoms with Crippen molar-refractivity contribution in [2.75, 3.05) is 13.7 Å². The lowest BCUT2D eigenvalue weighted by molar-refractivity contribution is -0.139. The van der Waals surface area contributed by atoms with Gasteiger partial charge in [-0.05, 0) is 30.5 Å². The van der Waals surface area contributed by atoms with Crippen molar-refractivity contribution in [1.82, 2.24) is 10.3 Å². The molecule has 1 aromatic carbocycles. The summed E-state index contributed by atoms with van der Waals surface area (Å²) in [5, 5.41) is 14.3. The number of hydrogen-bond acceptors (Lipinski definition) is 6. The molecule has 0 spiro atoms. The highest BCUT2D eigenvalue weighted by atomic mass is 32.1. The molecule has 2 aromatic rings. The second kappa shape index (κ2) is 7.62. The van der Waals surface area contributed by atoms with Crippen LogP contribution in [-0.2, 0) is 9.53 Å². The van der Waals surface area contributed by atoms with Crippen molar-refractivity contribution >= 4 is 23.2 Å². The summed E-state index contributed by atoms with van der Waals surface area (Å²) in [5.41, 5.74) is 0.659. The largest absolute Gasteiger partial charge is 0.497 e. The molecule has 1 amide bonds. The summed E-state index contributed by atoms with van der Waals surface area (Å²) >= 11 is 1.35. The smallest absolute Gasteiger partial charge is 0.330 e. The summed E-state index contributed by atoms with van der Waals surface area (Å²) in [4.78, 5) is 28.2. The van der Waals surface area contributed by atoms with Gasteiger partial charge in [0, 0.05) is 12.0 Å². The van der Waals surface area contributed by atoms with Crippen LogP contribution in [0, 0.1) is 0 Å². The topological polar surface area (TPSA) is 97.8 Å². The number of hydrogen-bond donors (Lipinski definition) is 2. The summed E-state index contributed by atoms with van der Waals surface area (Å²) < 4.78 is 10.6. The van der Waals surface area contributed by atoms with Gasteiger partial charge in [0.05, 0.1) is 7.11 Å². The summed E-state index contributed by atoms with van der Waals surface area (Å²) in [6.07, 6.45) is 1.80. The van der Waals surface area contributed by atoms with Gasteiger partial charge < -0.3 is 19.9 Å². The molecule has 132 valence electrons. The molecule has 25 heavy (non-hydrogen) atoms. The Morgan fingerprint density at radius 1 is 1.40 bits per heavy atom. The van der Waals surface area contributed by atoms with Crippen molar-refractivity contribution in [3.05, 3.63) is 45.9 Å². The number of benzene rings is 1. The number of carbonyl (C=O) groups excluding carboxylic acids is 1. The number of carboxylic acid groups (broad SMARTS) is 1. The van der Waals surface area contributed by atoms with Crippen molar-refractivity contribution in [3.8, 4) is 5.75 Å². The molecule has 0 aliphatic carbocycles. The lowest BCUT2D eigenvalue weighted by Crippen LogP contribution is -2.34. The number of aliphatic carboxylic acids is 1. The predicted molar refractivity (Wildman–Crippen MR) is 90.9 cm³/mol. The minimum atomic E-state index is -1.16. The summed E-state index contributed by atoms with van der Waals surface area (Å²) in [6, 6.07) is 5.35. The molecule has 0 saturated carbocycles. The lowest BCUT2D eigenvalue weighted by Gasteiger charge is -2.14. The first-order chi connectivity index (χ1) is 12.1. The van der Waals surface area contributed by atoms with Gasteiger partial charge in [-0.1, -0.05) is 12.1 Å². The number of methoxy groups -OCH3 is 1. The van der Waals surface area contributed by atoms with E-state index in [1.807, 2.05) is 0 Å². The molecule has 1 aliphatic heterocycles. The molecule has 3 rings (SSSR count). The number of nitrogens with one attached hydrogen (secondary N) is 1. The van der Waals surface area contributed by atoms with E-state index in [0.717, 1.165) is 17.8 Å².